The lowest BCUT2D eigenvalue weighted by Crippen LogP contribution is -2.13. The molecule has 47 heavy (non-hydrogen) atoms. The fourth-order valence-electron chi connectivity index (χ4n) is 5.39. The largest absolute Gasteiger partial charge is 0.488 e. The Morgan fingerprint density at radius 1 is 0.851 bits per heavy atom. The Labute approximate surface area is 275 Å². The molecule has 1 saturated carbocycles. The molecule has 0 bridgehead atoms. The van der Waals surface area contributed by atoms with E-state index in [9.17, 15) is 13.2 Å². The van der Waals surface area contributed by atoms with E-state index in [1.54, 1.807) is 12.1 Å². The highest BCUT2D eigenvalue weighted by atomic mass is 32.2. The minimum Gasteiger partial charge on any atom is -0.488 e. The van der Waals surface area contributed by atoms with Crippen LogP contribution in [0.4, 0.5) is 5.88 Å². The number of aromatic nitrogens is 1. The predicted octanol–water partition coefficient (Wildman–Crippen LogP) is 8.18. The lowest BCUT2D eigenvalue weighted by Gasteiger charge is -2.19. The molecule has 1 aliphatic rings. The van der Waals surface area contributed by atoms with E-state index in [0.29, 0.717) is 52.7 Å². The Kier molecular flexibility index (Phi) is 9.45. The molecule has 9 heteroatoms. The van der Waals surface area contributed by atoms with Crippen molar-refractivity contribution in [2.24, 2.45) is 5.92 Å². The number of hydrogen-bond donors (Lipinski definition) is 1. The summed E-state index contributed by atoms with van der Waals surface area (Å²) in [6.07, 6.45) is 2.88. The van der Waals surface area contributed by atoms with Crippen molar-refractivity contribution in [1.82, 2.24) is 5.16 Å². The highest BCUT2D eigenvalue weighted by molar-refractivity contribution is 7.89. The van der Waals surface area contributed by atoms with Crippen LogP contribution in [0.15, 0.2) is 102 Å². The second-order valence-electron chi connectivity index (χ2n) is 12.4. The van der Waals surface area contributed by atoms with Crippen LogP contribution in [-0.2, 0) is 33.6 Å². The molecule has 0 unspecified atom stereocenters. The molecule has 0 radical (unpaired) electrons. The number of hydrogen-bond acceptors (Lipinski definition) is 7. The summed E-state index contributed by atoms with van der Waals surface area (Å²) in [7, 11) is -3.21. The van der Waals surface area contributed by atoms with Gasteiger partial charge in [0.15, 0.2) is 9.84 Å². The fraction of sp³-hybridized carbons (Fsp3) is 0.263. The van der Waals surface area contributed by atoms with Crippen LogP contribution in [0.1, 0.15) is 54.9 Å². The van der Waals surface area contributed by atoms with E-state index in [0.717, 1.165) is 29.5 Å². The summed E-state index contributed by atoms with van der Waals surface area (Å²) in [5.74, 6) is 1.34. The van der Waals surface area contributed by atoms with Crippen molar-refractivity contribution >= 4 is 21.6 Å². The van der Waals surface area contributed by atoms with Crippen LogP contribution in [0.3, 0.4) is 0 Å². The zero-order chi connectivity index (χ0) is 33.0. The monoisotopic (exact) mass is 650 g/mol. The number of benzene rings is 4. The third-order valence-corrected chi connectivity index (χ3v) is 8.87. The minimum atomic E-state index is -3.21. The maximum absolute atomic E-state index is 12.9. The Morgan fingerprint density at radius 3 is 2.00 bits per heavy atom. The van der Waals surface area contributed by atoms with Gasteiger partial charge in [0.25, 0.3) is 0 Å². The van der Waals surface area contributed by atoms with Crippen LogP contribution in [0.25, 0.3) is 22.4 Å². The van der Waals surface area contributed by atoms with Gasteiger partial charge in [-0.25, -0.2) is 8.42 Å². The fourth-order valence-corrected chi connectivity index (χ4v) is 6.18. The van der Waals surface area contributed by atoms with E-state index in [1.165, 1.54) is 6.26 Å². The smallest absolute Gasteiger partial charge is 0.239 e. The van der Waals surface area contributed by atoms with Gasteiger partial charge in [-0.15, -0.1) is 0 Å². The van der Waals surface area contributed by atoms with Gasteiger partial charge < -0.3 is 14.0 Å². The van der Waals surface area contributed by atoms with Gasteiger partial charge in [0, 0.05) is 23.8 Å². The van der Waals surface area contributed by atoms with E-state index < -0.39 is 9.84 Å². The summed E-state index contributed by atoms with van der Waals surface area (Å²) in [4.78, 5) is 12.9. The average Bonchev–Trinajstić information content (AvgIpc) is 3.84. The van der Waals surface area contributed by atoms with Crippen molar-refractivity contribution in [1.29, 1.82) is 0 Å². The van der Waals surface area contributed by atoms with Gasteiger partial charge >= 0.3 is 0 Å². The van der Waals surface area contributed by atoms with Crippen molar-refractivity contribution in [2.75, 3.05) is 11.6 Å². The Hall–Kier alpha value is -4.89. The standard InChI is InChI=1S/C38H38N2O6S/c1-25(2)31-20-32(34(45-23-27-12-8-5-9-13-27)21-33(31)44-22-26-10-6-4-7-11-26)36-35(38(46-40-36)39-37(41)30-18-19-30)29-16-14-28(15-17-29)24-47(3,42)43/h4-17,20-21,25,30H,18-19,22-24H2,1-3H3,(H,39,41). The summed E-state index contributed by atoms with van der Waals surface area (Å²) >= 11 is 0. The van der Waals surface area contributed by atoms with E-state index >= 15 is 0 Å². The molecule has 1 amide bonds. The number of carbonyl (C=O) groups excluding carboxylic acids is 1. The molecule has 5 aromatic rings. The molecule has 4 aromatic carbocycles. The van der Waals surface area contributed by atoms with Crippen LogP contribution in [-0.4, -0.2) is 25.7 Å². The molecular formula is C38H38N2O6S. The number of nitrogens with zero attached hydrogens (tertiary/aromatic N) is 1. The molecule has 1 heterocycles. The van der Waals surface area contributed by atoms with Crippen molar-refractivity contribution in [3.63, 3.8) is 0 Å². The number of rotatable bonds is 13. The maximum atomic E-state index is 12.9. The number of anilines is 1. The van der Waals surface area contributed by atoms with E-state index in [-0.39, 0.29) is 29.4 Å². The molecule has 1 N–H and O–H groups in total. The number of carbonyl (C=O) groups is 1. The first-order valence-electron chi connectivity index (χ1n) is 15.7. The second kappa shape index (κ2) is 13.8. The van der Waals surface area contributed by atoms with Gasteiger partial charge in [-0.3, -0.25) is 10.1 Å². The lowest BCUT2D eigenvalue weighted by atomic mass is 9.94. The quantitative estimate of drug-likeness (QED) is 0.137. The summed E-state index contributed by atoms with van der Waals surface area (Å²) in [5, 5.41) is 7.46. The molecule has 0 saturated heterocycles. The molecule has 1 aromatic heterocycles. The first kappa shape index (κ1) is 32.1. The normalized spacial score (nSPS) is 13.0. The summed E-state index contributed by atoms with van der Waals surface area (Å²) in [6.45, 7) is 4.91. The maximum Gasteiger partial charge on any atom is 0.239 e. The van der Waals surface area contributed by atoms with Crippen LogP contribution in [0.2, 0.25) is 0 Å². The zero-order valence-corrected chi connectivity index (χ0v) is 27.5. The van der Waals surface area contributed by atoms with E-state index in [4.69, 9.17) is 14.0 Å². The van der Waals surface area contributed by atoms with Crippen LogP contribution < -0.4 is 14.8 Å². The molecule has 6 rings (SSSR count). The number of sulfone groups is 1. The average molecular weight is 651 g/mol. The molecule has 8 nitrogen and oxygen atoms in total. The molecule has 1 aliphatic carbocycles. The molecule has 1 fully saturated rings. The van der Waals surface area contributed by atoms with Gasteiger partial charge in [-0.1, -0.05) is 104 Å². The van der Waals surface area contributed by atoms with E-state index in [2.05, 4.69) is 24.3 Å². The number of nitrogens with one attached hydrogen (secondary N) is 1. The van der Waals surface area contributed by atoms with Crippen molar-refractivity contribution in [2.45, 2.75) is 51.6 Å². The molecule has 0 atom stereocenters. The lowest BCUT2D eigenvalue weighted by molar-refractivity contribution is -0.117. The van der Waals surface area contributed by atoms with Crippen LogP contribution in [0.5, 0.6) is 11.5 Å². The van der Waals surface area contributed by atoms with Gasteiger partial charge in [0.1, 0.15) is 30.4 Å². The summed E-state index contributed by atoms with van der Waals surface area (Å²) in [5.41, 5.74) is 6.14. The summed E-state index contributed by atoms with van der Waals surface area (Å²) in [6, 6.07) is 31.0. The SMILES string of the molecule is CC(C)c1cc(-c2noc(NC(=O)C3CC3)c2-c2ccc(CS(C)(=O)=O)cc2)c(OCc2ccccc2)cc1OCc1ccccc1. The first-order chi connectivity index (χ1) is 22.6. The first-order valence-corrected chi connectivity index (χ1v) is 17.8. The van der Waals surface area contributed by atoms with Gasteiger partial charge in [-0.05, 0) is 52.6 Å². The molecule has 0 spiro atoms. The van der Waals surface area contributed by atoms with E-state index in [1.807, 2.05) is 84.9 Å². The van der Waals surface area contributed by atoms with Gasteiger partial charge in [0.2, 0.25) is 11.8 Å². The third kappa shape index (κ3) is 8.10. The summed E-state index contributed by atoms with van der Waals surface area (Å²) < 4.78 is 42.6. The van der Waals surface area contributed by atoms with Gasteiger partial charge in [-0.2, -0.15) is 0 Å². The highest BCUT2D eigenvalue weighted by Crippen LogP contribution is 2.45. The molecule has 0 aliphatic heterocycles. The second-order valence-corrected chi connectivity index (χ2v) is 14.5. The van der Waals surface area contributed by atoms with Crippen molar-refractivity contribution < 1.29 is 27.2 Å². The predicted molar refractivity (Wildman–Crippen MR) is 183 cm³/mol. The van der Waals surface area contributed by atoms with Crippen molar-refractivity contribution in [3.8, 4) is 33.9 Å². The topological polar surface area (TPSA) is 108 Å². The molecular weight excluding hydrogens is 612 g/mol. The highest BCUT2D eigenvalue weighted by Gasteiger charge is 2.32. The Balaban J connectivity index is 1.46. The van der Waals surface area contributed by atoms with Crippen LogP contribution in [0, 0.1) is 5.92 Å². The van der Waals surface area contributed by atoms with Gasteiger partial charge in [0.05, 0.1) is 11.3 Å². The third-order valence-electron chi connectivity index (χ3n) is 8.01. The molecule has 242 valence electrons. The van der Waals surface area contributed by atoms with Crippen molar-refractivity contribution in [3.05, 3.63) is 119 Å². The zero-order valence-electron chi connectivity index (χ0n) is 26.7. The number of amides is 1. The minimum absolute atomic E-state index is 0.0492. The Bertz CT molecular complexity index is 1950. The van der Waals surface area contributed by atoms with Crippen LogP contribution >= 0.6 is 0 Å². The Morgan fingerprint density at radius 2 is 1.45 bits per heavy atom. The number of ether oxygens (including phenoxy) is 2.